The van der Waals surface area contributed by atoms with Crippen molar-refractivity contribution in [2.75, 3.05) is 25.4 Å². The van der Waals surface area contributed by atoms with Gasteiger partial charge in [0.15, 0.2) is 11.0 Å². The molecule has 3 amide bonds. The van der Waals surface area contributed by atoms with Crippen molar-refractivity contribution in [3.63, 3.8) is 0 Å². The predicted molar refractivity (Wildman–Crippen MR) is 113 cm³/mol. The van der Waals surface area contributed by atoms with Crippen LogP contribution in [-0.2, 0) is 11.3 Å². The number of likely N-dealkylation sites (tertiary alicyclic amines) is 1. The van der Waals surface area contributed by atoms with E-state index in [4.69, 9.17) is 0 Å². The second-order valence-electron chi connectivity index (χ2n) is 7.00. The van der Waals surface area contributed by atoms with Crippen LogP contribution in [0.15, 0.2) is 35.5 Å². The van der Waals surface area contributed by atoms with E-state index in [1.807, 2.05) is 41.8 Å². The third-order valence-electron chi connectivity index (χ3n) is 4.65. The number of carbonyl (C=O) groups excluding carboxylic acids is 2. The summed E-state index contributed by atoms with van der Waals surface area (Å²) in [6.45, 7) is 5.36. The van der Waals surface area contributed by atoms with Gasteiger partial charge in [0.1, 0.15) is 0 Å². The first-order chi connectivity index (χ1) is 14.2. The number of imide groups is 1. The zero-order valence-corrected chi connectivity index (χ0v) is 17.6. The van der Waals surface area contributed by atoms with Crippen LogP contribution in [0.5, 0.6) is 0 Å². The Morgan fingerprint density at radius 3 is 2.59 bits per heavy atom. The van der Waals surface area contributed by atoms with Gasteiger partial charge in [0.25, 0.3) is 0 Å². The molecule has 1 aromatic carbocycles. The summed E-state index contributed by atoms with van der Waals surface area (Å²) in [4.78, 5) is 26.1. The monoisotopic (exact) mass is 416 g/mol. The highest BCUT2D eigenvalue weighted by Gasteiger charge is 2.19. The van der Waals surface area contributed by atoms with Crippen LogP contribution in [0.4, 0.5) is 4.79 Å². The highest BCUT2D eigenvalue weighted by Crippen LogP contribution is 2.23. The molecule has 2 N–H and O–H groups in total. The van der Waals surface area contributed by atoms with Crippen LogP contribution in [0.2, 0.25) is 0 Å². The Hall–Kier alpha value is -2.39. The van der Waals surface area contributed by atoms with Gasteiger partial charge in [0.05, 0.1) is 12.3 Å². The number of benzene rings is 1. The number of carbonyl (C=O) groups is 2. The maximum absolute atomic E-state index is 12.1. The summed E-state index contributed by atoms with van der Waals surface area (Å²) in [5, 5.41) is 14.3. The molecule has 0 radical (unpaired) electrons. The van der Waals surface area contributed by atoms with Crippen LogP contribution in [0, 0.1) is 0 Å². The van der Waals surface area contributed by atoms with E-state index >= 15 is 0 Å². The Morgan fingerprint density at radius 1 is 1.10 bits per heavy atom. The molecule has 29 heavy (non-hydrogen) atoms. The summed E-state index contributed by atoms with van der Waals surface area (Å²) in [5.74, 6) is 0.597. The second-order valence-corrected chi connectivity index (χ2v) is 7.94. The van der Waals surface area contributed by atoms with Crippen molar-refractivity contribution in [2.24, 2.45) is 0 Å². The third-order valence-corrected chi connectivity index (χ3v) is 5.58. The van der Waals surface area contributed by atoms with Crippen LogP contribution in [0.25, 0.3) is 5.69 Å². The molecule has 0 spiro atoms. The zero-order chi connectivity index (χ0) is 20.5. The van der Waals surface area contributed by atoms with Crippen molar-refractivity contribution in [2.45, 2.75) is 44.3 Å². The molecular weight excluding hydrogens is 388 g/mol. The van der Waals surface area contributed by atoms with E-state index in [0.29, 0.717) is 11.7 Å². The molecule has 156 valence electrons. The summed E-state index contributed by atoms with van der Waals surface area (Å²) in [6, 6.07) is 9.45. The van der Waals surface area contributed by atoms with Gasteiger partial charge in [-0.25, -0.2) is 4.79 Å². The van der Waals surface area contributed by atoms with Crippen LogP contribution < -0.4 is 10.6 Å². The van der Waals surface area contributed by atoms with Crippen LogP contribution in [0.3, 0.4) is 0 Å². The summed E-state index contributed by atoms with van der Waals surface area (Å²) in [7, 11) is 0. The maximum Gasteiger partial charge on any atom is 0.321 e. The Labute approximate surface area is 175 Å². The summed E-state index contributed by atoms with van der Waals surface area (Å²) >= 11 is 1.28. The van der Waals surface area contributed by atoms with Crippen LogP contribution in [0.1, 0.15) is 38.4 Å². The summed E-state index contributed by atoms with van der Waals surface area (Å²) in [6.07, 6.45) is 4.52. The zero-order valence-electron chi connectivity index (χ0n) is 16.8. The quantitative estimate of drug-likeness (QED) is 0.643. The number of hydrogen-bond donors (Lipinski definition) is 2. The fraction of sp³-hybridized carbons (Fsp3) is 0.500. The number of aromatic nitrogens is 3. The fourth-order valence-electron chi connectivity index (χ4n) is 3.23. The molecule has 1 fully saturated rings. The maximum atomic E-state index is 12.1. The molecule has 2 heterocycles. The lowest BCUT2D eigenvalue weighted by atomic mass is 10.1. The van der Waals surface area contributed by atoms with Crippen molar-refractivity contribution < 1.29 is 9.59 Å². The van der Waals surface area contributed by atoms with Crippen molar-refractivity contribution in [1.29, 1.82) is 0 Å². The smallest absolute Gasteiger partial charge is 0.321 e. The highest BCUT2D eigenvalue weighted by atomic mass is 32.2. The fourth-order valence-corrected chi connectivity index (χ4v) is 4.00. The van der Waals surface area contributed by atoms with Crippen LogP contribution in [-0.4, -0.2) is 57.0 Å². The van der Waals surface area contributed by atoms with Gasteiger partial charge < -0.3 is 5.32 Å². The van der Waals surface area contributed by atoms with Gasteiger partial charge in [-0.15, -0.1) is 10.2 Å². The predicted octanol–water partition coefficient (Wildman–Crippen LogP) is 2.58. The first-order valence-corrected chi connectivity index (χ1v) is 11.1. The second kappa shape index (κ2) is 11.0. The molecule has 0 unspecified atom stereocenters. The van der Waals surface area contributed by atoms with E-state index in [9.17, 15) is 9.59 Å². The topological polar surface area (TPSA) is 92.2 Å². The molecule has 2 aromatic rings. The minimum atomic E-state index is -0.465. The largest absolute Gasteiger partial charge is 0.338 e. The number of hydrogen-bond acceptors (Lipinski definition) is 6. The third kappa shape index (κ3) is 6.30. The molecule has 0 aliphatic carbocycles. The number of nitrogens with zero attached hydrogens (tertiary/aromatic N) is 4. The number of rotatable bonds is 8. The Balaban J connectivity index is 1.69. The first-order valence-electron chi connectivity index (χ1n) is 10.1. The molecule has 0 bridgehead atoms. The minimum Gasteiger partial charge on any atom is -0.338 e. The van der Waals surface area contributed by atoms with E-state index in [1.54, 1.807) is 0 Å². The van der Waals surface area contributed by atoms with Crippen molar-refractivity contribution in [3.05, 3.63) is 36.2 Å². The molecule has 9 heteroatoms. The van der Waals surface area contributed by atoms with E-state index < -0.39 is 6.03 Å². The SMILES string of the molecule is CCCNC(=O)NC(=O)CSc1nnc(CN2CCCCC2)n1-c1ccccc1. The van der Waals surface area contributed by atoms with Gasteiger partial charge in [0, 0.05) is 12.2 Å². The van der Waals surface area contributed by atoms with E-state index in [-0.39, 0.29) is 11.7 Å². The average molecular weight is 417 g/mol. The number of piperidine rings is 1. The lowest BCUT2D eigenvalue weighted by molar-refractivity contribution is -0.117. The molecule has 1 saturated heterocycles. The lowest BCUT2D eigenvalue weighted by Crippen LogP contribution is -2.40. The van der Waals surface area contributed by atoms with Crippen molar-refractivity contribution >= 4 is 23.7 Å². The van der Waals surface area contributed by atoms with Gasteiger partial charge >= 0.3 is 6.03 Å². The molecule has 1 aliphatic heterocycles. The molecule has 1 aliphatic rings. The summed E-state index contributed by atoms with van der Waals surface area (Å²) < 4.78 is 2.00. The highest BCUT2D eigenvalue weighted by molar-refractivity contribution is 7.99. The molecule has 0 saturated carbocycles. The number of nitrogens with one attached hydrogen (secondary N) is 2. The normalized spacial score (nSPS) is 14.5. The summed E-state index contributed by atoms with van der Waals surface area (Å²) in [5.41, 5.74) is 0.966. The number of amides is 3. The Bertz CT molecular complexity index is 805. The minimum absolute atomic E-state index is 0.0915. The number of urea groups is 1. The first kappa shape index (κ1) is 21.3. The number of thioether (sulfide) groups is 1. The van der Waals surface area contributed by atoms with Crippen molar-refractivity contribution in [3.8, 4) is 5.69 Å². The number of para-hydroxylation sites is 1. The van der Waals surface area contributed by atoms with Gasteiger partial charge in [0.2, 0.25) is 5.91 Å². The van der Waals surface area contributed by atoms with Crippen LogP contribution >= 0.6 is 11.8 Å². The molecule has 8 nitrogen and oxygen atoms in total. The lowest BCUT2D eigenvalue weighted by Gasteiger charge is -2.26. The average Bonchev–Trinajstić information content (AvgIpc) is 3.14. The molecular formula is C20H28N6O2S. The van der Waals surface area contributed by atoms with Gasteiger partial charge in [-0.3, -0.25) is 19.6 Å². The molecule has 0 atom stereocenters. The Kier molecular flexibility index (Phi) is 8.06. The van der Waals surface area contributed by atoms with Gasteiger partial charge in [-0.2, -0.15) is 0 Å². The Morgan fingerprint density at radius 2 is 1.86 bits per heavy atom. The van der Waals surface area contributed by atoms with E-state index in [0.717, 1.165) is 37.6 Å². The van der Waals surface area contributed by atoms with Gasteiger partial charge in [-0.05, 0) is 44.5 Å². The van der Waals surface area contributed by atoms with E-state index in [1.165, 1.54) is 31.0 Å². The molecule has 1 aromatic heterocycles. The van der Waals surface area contributed by atoms with Crippen molar-refractivity contribution in [1.82, 2.24) is 30.3 Å². The van der Waals surface area contributed by atoms with Gasteiger partial charge in [-0.1, -0.05) is 43.3 Å². The standard InChI is InChI=1S/C20H28N6O2S/c1-2-11-21-19(28)22-18(27)15-29-20-24-23-17(14-25-12-7-4-8-13-25)26(20)16-9-5-3-6-10-16/h3,5-6,9-10H,2,4,7-8,11-15H2,1H3,(H2,21,22,27,28). The van der Waals surface area contributed by atoms with E-state index in [2.05, 4.69) is 25.7 Å². The molecule has 3 rings (SSSR count).